The molecule has 1 saturated heterocycles. The van der Waals surface area contributed by atoms with Gasteiger partial charge in [0.15, 0.2) is 5.65 Å². The third kappa shape index (κ3) is 6.07. The van der Waals surface area contributed by atoms with Gasteiger partial charge < -0.3 is 14.9 Å². The first kappa shape index (κ1) is 23.7. The van der Waals surface area contributed by atoms with Gasteiger partial charge in [-0.2, -0.15) is 0 Å². The van der Waals surface area contributed by atoms with Crippen LogP contribution in [0.5, 0.6) is 0 Å². The van der Waals surface area contributed by atoms with Crippen molar-refractivity contribution in [3.63, 3.8) is 0 Å². The van der Waals surface area contributed by atoms with Crippen LogP contribution in [0.2, 0.25) is 0 Å². The van der Waals surface area contributed by atoms with E-state index < -0.39 is 0 Å². The molecule has 0 radical (unpaired) electrons. The van der Waals surface area contributed by atoms with E-state index in [0.717, 1.165) is 37.2 Å². The molecule has 2 aromatic heterocycles. The van der Waals surface area contributed by atoms with E-state index in [1.165, 1.54) is 6.42 Å². The van der Waals surface area contributed by atoms with E-state index in [9.17, 15) is 9.90 Å². The van der Waals surface area contributed by atoms with Gasteiger partial charge in [0.25, 0.3) is 5.91 Å². The van der Waals surface area contributed by atoms with E-state index in [1.54, 1.807) is 9.42 Å². The number of pyridine rings is 1. The molecule has 0 aliphatic carbocycles. The molecule has 0 unspecified atom stereocenters. The number of anilines is 1. The summed E-state index contributed by atoms with van der Waals surface area (Å²) < 4.78 is 1.72. The third-order valence-corrected chi connectivity index (χ3v) is 5.69. The summed E-state index contributed by atoms with van der Waals surface area (Å²) in [6, 6.07) is 14.1. The smallest absolute Gasteiger partial charge is 0.293 e. The van der Waals surface area contributed by atoms with Crippen molar-refractivity contribution in [2.24, 2.45) is 5.92 Å². The van der Waals surface area contributed by atoms with Crippen LogP contribution in [0.25, 0.3) is 5.65 Å². The molecule has 7 nitrogen and oxygen atoms in total. The van der Waals surface area contributed by atoms with Crippen molar-refractivity contribution in [3.8, 4) is 0 Å². The number of fused-ring (bicyclic) bond motifs is 1. The Bertz CT molecular complexity index is 962. The summed E-state index contributed by atoms with van der Waals surface area (Å²) in [6.07, 6.45) is 5.05. The number of rotatable bonds is 7. The minimum atomic E-state index is -0.216. The molecule has 32 heavy (non-hydrogen) atoms. The van der Waals surface area contributed by atoms with Gasteiger partial charge in [-0.25, -0.2) is 9.50 Å². The van der Waals surface area contributed by atoms with Crippen LogP contribution in [-0.2, 0) is 0 Å². The lowest BCUT2D eigenvalue weighted by atomic mass is 10.2. The van der Waals surface area contributed by atoms with Gasteiger partial charge in [-0.3, -0.25) is 4.79 Å². The number of aryl methyl sites for hydroxylation is 1. The number of carbonyl (C=O) groups excluding carboxylic acids is 1. The minimum Gasteiger partial charge on any atom is -0.395 e. The summed E-state index contributed by atoms with van der Waals surface area (Å²) in [5, 5.41) is 13.7. The maximum atomic E-state index is 12.8. The van der Waals surface area contributed by atoms with Gasteiger partial charge in [-0.05, 0) is 37.3 Å². The lowest BCUT2D eigenvalue weighted by Gasteiger charge is -2.19. The SMILES string of the molecule is CCCCN(CCO)C(=O)c1nc2c(C)cc(N3CC[C@@H](C)C3)cn2n1.c1ccccc1. The fraction of sp³-hybridized carbons (Fsp3) is 0.480. The molecule has 1 atom stereocenters. The average molecular weight is 438 g/mol. The molecule has 0 spiro atoms. The zero-order valence-electron chi connectivity index (χ0n) is 19.4. The number of aliphatic hydroxyl groups excluding tert-OH is 1. The molecule has 1 N–H and O–H groups in total. The first-order valence-electron chi connectivity index (χ1n) is 11.6. The second-order valence-corrected chi connectivity index (χ2v) is 8.45. The van der Waals surface area contributed by atoms with Crippen LogP contribution < -0.4 is 4.90 Å². The topological polar surface area (TPSA) is 74.0 Å². The second-order valence-electron chi connectivity index (χ2n) is 8.45. The molecule has 1 aliphatic rings. The highest BCUT2D eigenvalue weighted by Crippen LogP contribution is 2.25. The zero-order chi connectivity index (χ0) is 22.9. The van der Waals surface area contributed by atoms with Gasteiger partial charge in [0.05, 0.1) is 18.5 Å². The van der Waals surface area contributed by atoms with Gasteiger partial charge in [0.2, 0.25) is 5.82 Å². The summed E-state index contributed by atoms with van der Waals surface area (Å²) in [6.45, 7) is 9.31. The summed E-state index contributed by atoms with van der Waals surface area (Å²) in [4.78, 5) is 21.2. The number of hydrogen-bond donors (Lipinski definition) is 1. The Labute approximate surface area is 190 Å². The van der Waals surface area contributed by atoms with Crippen LogP contribution in [0.3, 0.4) is 0 Å². The molecule has 1 aliphatic heterocycles. The normalized spacial score (nSPS) is 15.5. The third-order valence-electron chi connectivity index (χ3n) is 5.69. The van der Waals surface area contributed by atoms with Crippen LogP contribution in [0.1, 0.15) is 49.3 Å². The van der Waals surface area contributed by atoms with Crippen molar-refractivity contribution in [2.75, 3.05) is 37.7 Å². The maximum absolute atomic E-state index is 12.8. The van der Waals surface area contributed by atoms with Crippen molar-refractivity contribution < 1.29 is 9.90 Å². The molecular weight excluding hydrogens is 402 g/mol. The highest BCUT2D eigenvalue weighted by molar-refractivity contribution is 5.91. The number of aromatic nitrogens is 3. The van der Waals surface area contributed by atoms with E-state index in [-0.39, 0.29) is 18.3 Å². The molecule has 1 amide bonds. The largest absolute Gasteiger partial charge is 0.395 e. The zero-order valence-corrected chi connectivity index (χ0v) is 19.4. The maximum Gasteiger partial charge on any atom is 0.293 e. The summed E-state index contributed by atoms with van der Waals surface area (Å²) in [7, 11) is 0. The lowest BCUT2D eigenvalue weighted by molar-refractivity contribution is 0.0707. The number of hydrogen-bond acceptors (Lipinski definition) is 5. The van der Waals surface area contributed by atoms with E-state index in [2.05, 4.69) is 34.9 Å². The highest BCUT2D eigenvalue weighted by Gasteiger charge is 2.23. The quantitative estimate of drug-likeness (QED) is 0.609. The van der Waals surface area contributed by atoms with Crippen LogP contribution in [0, 0.1) is 12.8 Å². The van der Waals surface area contributed by atoms with Crippen LogP contribution in [-0.4, -0.2) is 63.3 Å². The summed E-state index contributed by atoms with van der Waals surface area (Å²) in [5.74, 6) is 0.682. The summed E-state index contributed by atoms with van der Waals surface area (Å²) in [5.41, 5.74) is 2.85. The first-order chi connectivity index (χ1) is 15.5. The Hall–Kier alpha value is -2.93. The van der Waals surface area contributed by atoms with Crippen LogP contribution in [0.4, 0.5) is 5.69 Å². The highest BCUT2D eigenvalue weighted by atomic mass is 16.3. The molecule has 7 heteroatoms. The Morgan fingerprint density at radius 2 is 1.88 bits per heavy atom. The van der Waals surface area contributed by atoms with E-state index in [1.807, 2.05) is 49.5 Å². The standard InChI is InChI=1S/C19H29N5O2.C6H6/c1-4-5-7-22(9-10-25)19(26)17-20-18-15(3)11-16(13-24(18)21-17)23-8-6-14(2)12-23;1-2-4-6-5-3-1/h11,13-14,25H,4-10,12H2,1-3H3;1-6H/t14-;/m1./s1. The fourth-order valence-electron chi connectivity index (χ4n) is 3.88. The minimum absolute atomic E-state index is 0.0564. The Morgan fingerprint density at radius 1 is 1.19 bits per heavy atom. The predicted octanol–water partition coefficient (Wildman–Crippen LogP) is 3.81. The van der Waals surface area contributed by atoms with Crippen LogP contribution >= 0.6 is 0 Å². The van der Waals surface area contributed by atoms with Gasteiger partial charge in [0.1, 0.15) is 0 Å². The molecule has 1 aromatic carbocycles. The van der Waals surface area contributed by atoms with Crippen LogP contribution in [0.15, 0.2) is 48.7 Å². The number of carbonyl (C=O) groups is 1. The number of unbranched alkanes of at least 4 members (excludes halogenated alkanes) is 1. The number of aliphatic hydroxyl groups is 1. The molecule has 172 valence electrons. The number of benzene rings is 1. The van der Waals surface area contributed by atoms with Crippen molar-refractivity contribution in [1.82, 2.24) is 19.5 Å². The molecular formula is C25H35N5O2. The monoisotopic (exact) mass is 437 g/mol. The van der Waals surface area contributed by atoms with Gasteiger partial charge in [-0.15, -0.1) is 5.10 Å². The van der Waals surface area contributed by atoms with Crippen molar-refractivity contribution in [1.29, 1.82) is 0 Å². The predicted molar refractivity (Wildman–Crippen MR) is 128 cm³/mol. The average Bonchev–Trinajstić information content (AvgIpc) is 3.44. The lowest BCUT2D eigenvalue weighted by Crippen LogP contribution is -2.35. The van der Waals surface area contributed by atoms with E-state index in [4.69, 9.17) is 0 Å². The molecule has 1 fully saturated rings. The first-order valence-corrected chi connectivity index (χ1v) is 11.6. The molecule has 3 aromatic rings. The Balaban J connectivity index is 0.000000416. The molecule has 3 heterocycles. The van der Waals surface area contributed by atoms with Gasteiger partial charge in [0, 0.05) is 26.2 Å². The van der Waals surface area contributed by atoms with Gasteiger partial charge >= 0.3 is 0 Å². The fourth-order valence-corrected chi connectivity index (χ4v) is 3.88. The Morgan fingerprint density at radius 3 is 2.44 bits per heavy atom. The molecule has 4 rings (SSSR count). The second kappa shape index (κ2) is 11.6. The molecule has 0 bridgehead atoms. The van der Waals surface area contributed by atoms with E-state index in [0.29, 0.717) is 24.7 Å². The van der Waals surface area contributed by atoms with Crippen molar-refractivity contribution in [3.05, 3.63) is 60.0 Å². The van der Waals surface area contributed by atoms with Crippen molar-refractivity contribution in [2.45, 2.75) is 40.0 Å². The Kier molecular flexibility index (Phi) is 8.62. The molecule has 0 saturated carbocycles. The van der Waals surface area contributed by atoms with Gasteiger partial charge in [-0.1, -0.05) is 56.7 Å². The number of amides is 1. The number of nitrogens with zero attached hydrogens (tertiary/aromatic N) is 5. The van der Waals surface area contributed by atoms with Crippen molar-refractivity contribution >= 4 is 17.2 Å². The van der Waals surface area contributed by atoms with E-state index >= 15 is 0 Å². The summed E-state index contributed by atoms with van der Waals surface area (Å²) >= 11 is 0.